The molecule has 5 nitrogen and oxygen atoms in total. The molecule has 2 aromatic carbocycles. The Kier molecular flexibility index (Phi) is 7.01. The highest BCUT2D eigenvalue weighted by molar-refractivity contribution is 5.96. The minimum absolute atomic E-state index is 0.0575. The van der Waals surface area contributed by atoms with Crippen LogP contribution in [-0.4, -0.2) is 18.0 Å². The van der Waals surface area contributed by atoms with Crippen molar-refractivity contribution < 1.29 is 14.3 Å². The Morgan fingerprint density at radius 3 is 2.20 bits per heavy atom. The molecule has 2 amide bonds. The van der Waals surface area contributed by atoms with Gasteiger partial charge in [-0.1, -0.05) is 68.8 Å². The first-order valence-corrected chi connectivity index (χ1v) is 8.43. The summed E-state index contributed by atoms with van der Waals surface area (Å²) in [6.45, 7) is 4.10. The lowest BCUT2D eigenvalue weighted by molar-refractivity contribution is -0.122. The number of nitrogens with one attached hydrogen (secondary N) is 2. The minimum Gasteiger partial charge on any atom is -0.444 e. The molecule has 0 aliphatic carbocycles. The second-order valence-corrected chi connectivity index (χ2v) is 5.92. The highest BCUT2D eigenvalue weighted by Crippen LogP contribution is 2.15. The van der Waals surface area contributed by atoms with Crippen LogP contribution in [0.3, 0.4) is 0 Å². The fraction of sp³-hybridized carbons (Fsp3) is 0.300. The number of hydrogen-bond donors (Lipinski definition) is 2. The Labute approximate surface area is 148 Å². The molecule has 0 aromatic heterocycles. The first-order chi connectivity index (χ1) is 12.1. The number of ether oxygens (including phenoxy) is 1. The summed E-state index contributed by atoms with van der Waals surface area (Å²) in [6.07, 6.45) is 0.0637. The van der Waals surface area contributed by atoms with Gasteiger partial charge in [0.25, 0.3) is 5.91 Å². The van der Waals surface area contributed by atoms with Gasteiger partial charge in [-0.25, -0.2) is 4.79 Å². The Balaban J connectivity index is 1.93. The van der Waals surface area contributed by atoms with Crippen LogP contribution in [0.25, 0.3) is 0 Å². The molecular formula is C20H24N2O3. The average Bonchev–Trinajstić information content (AvgIpc) is 2.65. The number of alkyl carbamates (subject to hydrolysis) is 1. The van der Waals surface area contributed by atoms with Gasteiger partial charge in [0.2, 0.25) is 0 Å². The van der Waals surface area contributed by atoms with Crippen LogP contribution in [0.1, 0.15) is 25.8 Å². The molecule has 2 rings (SSSR count). The molecule has 0 spiro atoms. The summed E-state index contributed by atoms with van der Waals surface area (Å²) >= 11 is 0. The molecule has 0 saturated carbocycles. The molecule has 2 N–H and O–H groups in total. The van der Waals surface area contributed by atoms with E-state index in [-0.39, 0.29) is 12.5 Å². The van der Waals surface area contributed by atoms with Crippen molar-refractivity contribution in [1.82, 2.24) is 5.32 Å². The van der Waals surface area contributed by atoms with Gasteiger partial charge in [-0.15, -0.1) is 0 Å². The fourth-order valence-corrected chi connectivity index (χ4v) is 2.35. The van der Waals surface area contributed by atoms with E-state index in [1.165, 1.54) is 0 Å². The standard InChI is InChI=1S/C20H24N2O3/c1-3-15(2)18(21-17-12-8-5-9-13-17)19(23)22-20(24)25-14-16-10-6-4-7-11-16/h4-13,15,18,21H,3,14H2,1-2H3,(H,22,23,24)/t15-,18-/m0/s1. The van der Waals surface area contributed by atoms with Gasteiger partial charge in [-0.2, -0.15) is 0 Å². The summed E-state index contributed by atoms with van der Waals surface area (Å²) in [5.41, 5.74) is 1.70. The molecule has 0 bridgehead atoms. The molecule has 25 heavy (non-hydrogen) atoms. The third kappa shape index (κ3) is 5.95. The lowest BCUT2D eigenvalue weighted by Gasteiger charge is -2.24. The summed E-state index contributed by atoms with van der Waals surface area (Å²) < 4.78 is 5.11. The van der Waals surface area contributed by atoms with Gasteiger partial charge in [0, 0.05) is 5.69 Å². The molecule has 0 heterocycles. The second kappa shape index (κ2) is 9.47. The normalized spacial score (nSPS) is 12.7. The van der Waals surface area contributed by atoms with Crippen LogP contribution in [0.2, 0.25) is 0 Å². The SMILES string of the molecule is CC[C@H](C)[C@H](Nc1ccccc1)C(=O)NC(=O)OCc1ccccc1. The van der Waals surface area contributed by atoms with E-state index < -0.39 is 18.0 Å². The summed E-state index contributed by atoms with van der Waals surface area (Å²) in [4.78, 5) is 24.4. The predicted octanol–water partition coefficient (Wildman–Crippen LogP) is 3.97. The number of anilines is 1. The van der Waals surface area contributed by atoms with Crippen LogP contribution in [0, 0.1) is 5.92 Å². The van der Waals surface area contributed by atoms with Gasteiger partial charge in [-0.3, -0.25) is 10.1 Å². The zero-order chi connectivity index (χ0) is 18.1. The number of rotatable bonds is 7. The van der Waals surface area contributed by atoms with E-state index in [1.807, 2.05) is 74.5 Å². The number of amides is 2. The number of benzene rings is 2. The summed E-state index contributed by atoms with van der Waals surface area (Å²) in [5.74, 6) is -0.335. The first-order valence-electron chi connectivity index (χ1n) is 8.43. The van der Waals surface area contributed by atoms with Crippen LogP contribution >= 0.6 is 0 Å². The van der Waals surface area contributed by atoms with Gasteiger partial charge in [-0.05, 0) is 23.6 Å². The molecule has 0 radical (unpaired) electrons. The van der Waals surface area contributed by atoms with Crippen molar-refractivity contribution in [2.24, 2.45) is 5.92 Å². The monoisotopic (exact) mass is 340 g/mol. The van der Waals surface area contributed by atoms with Crippen molar-refractivity contribution in [2.75, 3.05) is 5.32 Å². The molecule has 0 aliphatic heterocycles. The van der Waals surface area contributed by atoms with E-state index in [2.05, 4.69) is 10.6 Å². The van der Waals surface area contributed by atoms with Crippen LogP contribution in [-0.2, 0) is 16.1 Å². The minimum atomic E-state index is -0.739. The molecule has 2 atom stereocenters. The van der Waals surface area contributed by atoms with Gasteiger partial charge in [0.1, 0.15) is 12.6 Å². The molecule has 0 saturated heterocycles. The number of carbonyl (C=O) groups excluding carboxylic acids is 2. The lowest BCUT2D eigenvalue weighted by Crippen LogP contribution is -2.46. The van der Waals surface area contributed by atoms with Crippen LogP contribution in [0.15, 0.2) is 60.7 Å². The van der Waals surface area contributed by atoms with E-state index in [0.717, 1.165) is 17.7 Å². The predicted molar refractivity (Wildman–Crippen MR) is 98.1 cm³/mol. The van der Waals surface area contributed by atoms with Crippen LogP contribution in [0.5, 0.6) is 0 Å². The molecule has 2 aromatic rings. The smallest absolute Gasteiger partial charge is 0.414 e. The highest BCUT2D eigenvalue weighted by atomic mass is 16.5. The zero-order valence-corrected chi connectivity index (χ0v) is 14.6. The molecule has 0 fully saturated rings. The van der Waals surface area contributed by atoms with Gasteiger partial charge < -0.3 is 10.1 Å². The van der Waals surface area contributed by atoms with Gasteiger partial charge >= 0.3 is 6.09 Å². The van der Waals surface area contributed by atoms with Crippen molar-refractivity contribution in [3.8, 4) is 0 Å². The molecule has 0 unspecified atom stereocenters. The topological polar surface area (TPSA) is 67.4 Å². The van der Waals surface area contributed by atoms with Crippen molar-refractivity contribution in [2.45, 2.75) is 32.9 Å². The molecule has 5 heteroatoms. The van der Waals surface area contributed by atoms with E-state index in [0.29, 0.717) is 0 Å². The third-order valence-corrected chi connectivity index (χ3v) is 4.03. The third-order valence-electron chi connectivity index (χ3n) is 4.03. The molecular weight excluding hydrogens is 316 g/mol. The Bertz CT molecular complexity index is 674. The maximum Gasteiger partial charge on any atom is 0.414 e. The van der Waals surface area contributed by atoms with Crippen LogP contribution in [0.4, 0.5) is 10.5 Å². The summed E-state index contributed by atoms with van der Waals surface area (Å²) in [7, 11) is 0. The second-order valence-electron chi connectivity index (χ2n) is 5.92. The number of carbonyl (C=O) groups is 2. The highest BCUT2D eigenvalue weighted by Gasteiger charge is 2.25. The van der Waals surface area contributed by atoms with Crippen molar-refractivity contribution in [1.29, 1.82) is 0 Å². The average molecular weight is 340 g/mol. The van der Waals surface area contributed by atoms with Crippen molar-refractivity contribution in [3.63, 3.8) is 0 Å². The molecule has 132 valence electrons. The van der Waals surface area contributed by atoms with E-state index >= 15 is 0 Å². The maximum absolute atomic E-state index is 12.5. The van der Waals surface area contributed by atoms with Crippen molar-refractivity contribution >= 4 is 17.7 Å². The number of hydrogen-bond acceptors (Lipinski definition) is 4. The Morgan fingerprint density at radius 1 is 1.00 bits per heavy atom. The summed E-state index contributed by atoms with van der Waals surface area (Å²) in [6, 6.07) is 18.3. The Morgan fingerprint density at radius 2 is 1.60 bits per heavy atom. The van der Waals surface area contributed by atoms with Gasteiger partial charge in [0.15, 0.2) is 0 Å². The maximum atomic E-state index is 12.5. The number of imide groups is 1. The van der Waals surface area contributed by atoms with Crippen molar-refractivity contribution in [3.05, 3.63) is 66.2 Å². The zero-order valence-electron chi connectivity index (χ0n) is 14.6. The quantitative estimate of drug-likeness (QED) is 0.800. The van der Waals surface area contributed by atoms with Gasteiger partial charge in [0.05, 0.1) is 0 Å². The Hall–Kier alpha value is -2.82. The fourth-order valence-electron chi connectivity index (χ4n) is 2.35. The first kappa shape index (κ1) is 18.5. The van der Waals surface area contributed by atoms with Crippen LogP contribution < -0.4 is 10.6 Å². The summed E-state index contributed by atoms with van der Waals surface area (Å²) in [5, 5.41) is 5.51. The number of para-hydroxylation sites is 1. The largest absolute Gasteiger partial charge is 0.444 e. The van der Waals surface area contributed by atoms with E-state index in [9.17, 15) is 9.59 Å². The van der Waals surface area contributed by atoms with E-state index in [4.69, 9.17) is 4.74 Å². The lowest BCUT2D eigenvalue weighted by atomic mass is 9.98. The van der Waals surface area contributed by atoms with E-state index in [1.54, 1.807) is 0 Å². The molecule has 0 aliphatic rings.